The molecular formula is C8H19NO3S. The monoisotopic (exact) mass is 209 g/mol. The Morgan fingerprint density at radius 1 is 1.38 bits per heavy atom. The van der Waals surface area contributed by atoms with Crippen molar-refractivity contribution in [2.24, 2.45) is 5.92 Å². The molecule has 0 saturated carbocycles. The third-order valence-corrected chi connectivity index (χ3v) is 2.95. The molecule has 5 heteroatoms. The summed E-state index contributed by atoms with van der Waals surface area (Å²) in [6, 6.07) is 0. The topological polar surface area (TPSA) is 55.4 Å². The predicted molar refractivity (Wildman–Crippen MR) is 53.1 cm³/mol. The van der Waals surface area contributed by atoms with E-state index in [-0.39, 0.29) is 12.4 Å². The van der Waals surface area contributed by atoms with Crippen molar-refractivity contribution in [2.75, 3.05) is 26.0 Å². The SMILES string of the molecule is COCCS(=O)(=O)NCCC(C)C. The van der Waals surface area contributed by atoms with Gasteiger partial charge in [-0.1, -0.05) is 13.8 Å². The zero-order valence-electron chi connectivity index (χ0n) is 8.54. The molecule has 0 spiro atoms. The largest absolute Gasteiger partial charge is 0.384 e. The van der Waals surface area contributed by atoms with Crippen molar-refractivity contribution in [3.8, 4) is 0 Å². The molecule has 0 aliphatic heterocycles. The fraction of sp³-hybridized carbons (Fsp3) is 1.00. The summed E-state index contributed by atoms with van der Waals surface area (Å²) in [5, 5.41) is 0. The Bertz CT molecular complexity index is 211. The number of sulfonamides is 1. The predicted octanol–water partition coefficient (Wildman–Crippen LogP) is 0.598. The van der Waals surface area contributed by atoms with Crippen LogP contribution in [-0.2, 0) is 14.8 Å². The molecule has 0 aromatic carbocycles. The standard InChI is InChI=1S/C8H19NO3S/c1-8(2)4-5-9-13(10,11)7-6-12-3/h8-9H,4-7H2,1-3H3. The van der Waals surface area contributed by atoms with Crippen LogP contribution in [0.15, 0.2) is 0 Å². The smallest absolute Gasteiger partial charge is 0.213 e. The number of hydrogen-bond donors (Lipinski definition) is 1. The van der Waals surface area contributed by atoms with E-state index in [0.29, 0.717) is 12.5 Å². The van der Waals surface area contributed by atoms with E-state index in [2.05, 4.69) is 23.3 Å². The van der Waals surface area contributed by atoms with Gasteiger partial charge < -0.3 is 4.74 Å². The van der Waals surface area contributed by atoms with E-state index in [0.717, 1.165) is 6.42 Å². The highest BCUT2D eigenvalue weighted by molar-refractivity contribution is 7.89. The average molecular weight is 209 g/mol. The molecule has 0 rings (SSSR count). The van der Waals surface area contributed by atoms with Gasteiger partial charge in [-0.2, -0.15) is 0 Å². The summed E-state index contributed by atoms with van der Waals surface area (Å²) in [6.45, 7) is 4.88. The maximum Gasteiger partial charge on any atom is 0.213 e. The molecule has 0 unspecified atom stereocenters. The van der Waals surface area contributed by atoms with E-state index in [1.54, 1.807) is 0 Å². The van der Waals surface area contributed by atoms with Gasteiger partial charge in [-0.25, -0.2) is 13.1 Å². The quantitative estimate of drug-likeness (QED) is 0.668. The summed E-state index contributed by atoms with van der Waals surface area (Å²) >= 11 is 0. The molecule has 0 aliphatic carbocycles. The second-order valence-electron chi connectivity index (χ2n) is 3.39. The molecule has 0 fully saturated rings. The van der Waals surface area contributed by atoms with Gasteiger partial charge in [0.15, 0.2) is 0 Å². The molecule has 0 aromatic heterocycles. The van der Waals surface area contributed by atoms with E-state index in [9.17, 15) is 8.42 Å². The minimum atomic E-state index is -3.11. The normalized spacial score (nSPS) is 12.3. The maximum atomic E-state index is 11.2. The lowest BCUT2D eigenvalue weighted by atomic mass is 10.1. The first kappa shape index (κ1) is 12.9. The molecule has 0 atom stereocenters. The Morgan fingerprint density at radius 3 is 2.46 bits per heavy atom. The summed E-state index contributed by atoms with van der Waals surface area (Å²) < 4.78 is 29.6. The lowest BCUT2D eigenvalue weighted by molar-refractivity contribution is 0.217. The first-order chi connectivity index (χ1) is 5.98. The highest BCUT2D eigenvalue weighted by Gasteiger charge is 2.08. The molecule has 0 amide bonds. The second kappa shape index (κ2) is 6.34. The molecule has 0 bridgehead atoms. The lowest BCUT2D eigenvalue weighted by Gasteiger charge is -2.07. The van der Waals surface area contributed by atoms with Gasteiger partial charge in [-0.05, 0) is 12.3 Å². The molecule has 0 radical (unpaired) electrons. The van der Waals surface area contributed by atoms with E-state index in [1.165, 1.54) is 7.11 Å². The van der Waals surface area contributed by atoms with Crippen molar-refractivity contribution in [1.82, 2.24) is 4.72 Å². The molecule has 0 heterocycles. The molecule has 0 saturated heterocycles. The minimum Gasteiger partial charge on any atom is -0.384 e. The fourth-order valence-corrected chi connectivity index (χ4v) is 1.73. The third-order valence-electron chi connectivity index (χ3n) is 1.60. The Hall–Kier alpha value is -0.130. The van der Waals surface area contributed by atoms with Crippen LogP contribution in [0.1, 0.15) is 20.3 Å². The van der Waals surface area contributed by atoms with Crippen molar-refractivity contribution >= 4 is 10.0 Å². The van der Waals surface area contributed by atoms with Crippen molar-refractivity contribution in [3.05, 3.63) is 0 Å². The summed E-state index contributed by atoms with van der Waals surface area (Å²) in [5.41, 5.74) is 0. The van der Waals surface area contributed by atoms with Crippen LogP contribution >= 0.6 is 0 Å². The van der Waals surface area contributed by atoms with Crippen LogP contribution in [0.25, 0.3) is 0 Å². The number of hydrogen-bond acceptors (Lipinski definition) is 3. The molecule has 1 N–H and O–H groups in total. The molecule has 4 nitrogen and oxygen atoms in total. The van der Waals surface area contributed by atoms with Gasteiger partial charge in [0, 0.05) is 13.7 Å². The van der Waals surface area contributed by atoms with Gasteiger partial charge in [0.2, 0.25) is 10.0 Å². The molecule has 0 aromatic rings. The van der Waals surface area contributed by atoms with E-state index in [4.69, 9.17) is 0 Å². The van der Waals surface area contributed by atoms with Crippen molar-refractivity contribution < 1.29 is 13.2 Å². The summed E-state index contributed by atoms with van der Waals surface area (Å²) in [4.78, 5) is 0. The van der Waals surface area contributed by atoms with Gasteiger partial charge in [0.1, 0.15) is 0 Å². The number of methoxy groups -OCH3 is 1. The average Bonchev–Trinajstić information content (AvgIpc) is 2.00. The Labute approximate surface area is 80.7 Å². The Balaban J connectivity index is 3.64. The van der Waals surface area contributed by atoms with Crippen LogP contribution in [0.5, 0.6) is 0 Å². The number of rotatable bonds is 7. The van der Waals surface area contributed by atoms with Gasteiger partial charge in [-0.3, -0.25) is 0 Å². The van der Waals surface area contributed by atoms with Gasteiger partial charge in [0.25, 0.3) is 0 Å². The molecule has 80 valence electrons. The van der Waals surface area contributed by atoms with Crippen LogP contribution in [-0.4, -0.2) is 34.4 Å². The van der Waals surface area contributed by atoms with Crippen LogP contribution in [0.4, 0.5) is 0 Å². The fourth-order valence-electron chi connectivity index (χ4n) is 0.768. The van der Waals surface area contributed by atoms with Crippen LogP contribution in [0, 0.1) is 5.92 Å². The summed E-state index contributed by atoms with van der Waals surface area (Å²) in [6.07, 6.45) is 0.867. The molecule has 13 heavy (non-hydrogen) atoms. The highest BCUT2D eigenvalue weighted by atomic mass is 32.2. The van der Waals surface area contributed by atoms with Crippen molar-refractivity contribution in [1.29, 1.82) is 0 Å². The van der Waals surface area contributed by atoms with Crippen LogP contribution < -0.4 is 4.72 Å². The Morgan fingerprint density at radius 2 is 2.00 bits per heavy atom. The van der Waals surface area contributed by atoms with Gasteiger partial charge >= 0.3 is 0 Å². The first-order valence-corrected chi connectivity index (χ1v) is 6.09. The third kappa shape index (κ3) is 8.21. The Kier molecular flexibility index (Phi) is 6.28. The highest BCUT2D eigenvalue weighted by Crippen LogP contribution is 1.97. The minimum absolute atomic E-state index is 0.0432. The van der Waals surface area contributed by atoms with Crippen molar-refractivity contribution in [3.63, 3.8) is 0 Å². The molecule has 0 aliphatic rings. The zero-order chi connectivity index (χ0) is 10.3. The second-order valence-corrected chi connectivity index (χ2v) is 5.31. The van der Waals surface area contributed by atoms with Crippen LogP contribution in [0.2, 0.25) is 0 Å². The van der Waals surface area contributed by atoms with Crippen molar-refractivity contribution in [2.45, 2.75) is 20.3 Å². The van der Waals surface area contributed by atoms with E-state index >= 15 is 0 Å². The summed E-state index contributed by atoms with van der Waals surface area (Å²) in [5.74, 6) is 0.562. The maximum absolute atomic E-state index is 11.2. The first-order valence-electron chi connectivity index (χ1n) is 4.44. The molecular weight excluding hydrogens is 190 g/mol. The van der Waals surface area contributed by atoms with E-state index < -0.39 is 10.0 Å². The van der Waals surface area contributed by atoms with Gasteiger partial charge in [0.05, 0.1) is 12.4 Å². The lowest BCUT2D eigenvalue weighted by Crippen LogP contribution is -2.29. The van der Waals surface area contributed by atoms with Gasteiger partial charge in [-0.15, -0.1) is 0 Å². The zero-order valence-corrected chi connectivity index (χ0v) is 9.36. The van der Waals surface area contributed by atoms with Crippen LogP contribution in [0.3, 0.4) is 0 Å². The van der Waals surface area contributed by atoms with E-state index in [1.807, 2.05) is 0 Å². The number of nitrogens with one attached hydrogen (secondary N) is 1. The summed E-state index contributed by atoms with van der Waals surface area (Å²) in [7, 11) is -1.62. The number of ether oxygens (including phenoxy) is 1.